The smallest absolute Gasteiger partial charge is 0.151 e. The first-order valence-corrected chi connectivity index (χ1v) is 18.1. The lowest BCUT2D eigenvalue weighted by Gasteiger charge is -2.46. The van der Waals surface area contributed by atoms with Gasteiger partial charge < -0.3 is 10.6 Å². The van der Waals surface area contributed by atoms with E-state index >= 15 is 0 Å². The van der Waals surface area contributed by atoms with Crippen molar-refractivity contribution >= 4 is 24.2 Å². The molecule has 0 saturated carbocycles. The molecule has 4 unspecified atom stereocenters. The van der Waals surface area contributed by atoms with Crippen LogP contribution < -0.4 is 16.1 Å². The molecule has 1 fully saturated rings. The Morgan fingerprint density at radius 1 is 0.773 bits per heavy atom. The van der Waals surface area contributed by atoms with E-state index in [-0.39, 0.29) is 12.0 Å². The summed E-state index contributed by atoms with van der Waals surface area (Å²) in [6.07, 6.45) is 26.0. The molecule has 0 bridgehead atoms. The van der Waals surface area contributed by atoms with Crippen molar-refractivity contribution in [3.63, 3.8) is 0 Å². The van der Waals surface area contributed by atoms with Crippen molar-refractivity contribution in [3.8, 4) is 11.1 Å². The molecular weight excluding hydrogens is 551 g/mol. The molecule has 1 saturated heterocycles. The van der Waals surface area contributed by atoms with Gasteiger partial charge in [-0.25, -0.2) is 0 Å². The van der Waals surface area contributed by atoms with Gasteiger partial charge in [0.25, 0.3) is 0 Å². The first-order chi connectivity index (χ1) is 21.8. The van der Waals surface area contributed by atoms with E-state index in [1.807, 2.05) is 7.05 Å². The summed E-state index contributed by atoms with van der Waals surface area (Å²) < 4.78 is 0. The van der Waals surface area contributed by atoms with Gasteiger partial charge in [-0.15, -0.1) is 0 Å². The summed E-state index contributed by atoms with van der Waals surface area (Å²) in [6, 6.07) is 32.1. The topological polar surface area (TPSA) is 41.6 Å². The van der Waals surface area contributed by atoms with Crippen molar-refractivity contribution < 1.29 is 0 Å². The molecule has 0 radical (unpaired) electrons. The predicted octanol–water partition coefficient (Wildman–Crippen LogP) is 7.47. The first kappa shape index (κ1) is 28.4. The lowest BCUT2D eigenvalue weighted by molar-refractivity contribution is 0.298. The third-order valence-corrected chi connectivity index (χ3v) is 15.5. The number of rotatable bonds is 6. The molecule has 0 spiro atoms. The van der Waals surface area contributed by atoms with Crippen LogP contribution in [-0.2, 0) is 0 Å². The van der Waals surface area contributed by atoms with Crippen molar-refractivity contribution in [1.82, 2.24) is 4.90 Å². The van der Waals surface area contributed by atoms with E-state index in [0.717, 1.165) is 43.5 Å². The highest BCUT2D eigenvalue weighted by Gasteiger charge is 2.52. The summed E-state index contributed by atoms with van der Waals surface area (Å²) in [5.41, 5.74) is 12.8. The largest absolute Gasteiger partial charge is 0.403 e. The zero-order valence-corrected chi connectivity index (χ0v) is 26.5. The van der Waals surface area contributed by atoms with Crippen LogP contribution in [0.15, 0.2) is 161 Å². The Kier molecular flexibility index (Phi) is 7.93. The number of hydrogen-bond acceptors (Lipinski definition) is 3. The quantitative estimate of drug-likeness (QED) is 0.239. The summed E-state index contributed by atoms with van der Waals surface area (Å²) in [4.78, 5) is 7.37. The average Bonchev–Trinajstić information content (AvgIpc) is 3.43. The van der Waals surface area contributed by atoms with E-state index in [0.29, 0.717) is 5.54 Å². The van der Waals surface area contributed by atoms with Gasteiger partial charge in [0.05, 0.1) is 11.4 Å². The lowest BCUT2D eigenvalue weighted by Crippen LogP contribution is -2.64. The lowest BCUT2D eigenvalue weighted by atomic mass is 9.89. The molecule has 220 valence electrons. The molecule has 4 aliphatic rings. The molecule has 0 aromatic heterocycles. The molecule has 3 aromatic carbocycles. The van der Waals surface area contributed by atoms with Crippen LogP contribution in [-0.4, -0.2) is 31.8 Å². The van der Waals surface area contributed by atoms with E-state index < -0.39 is 8.07 Å². The average molecular weight is 592 g/mol. The minimum atomic E-state index is -2.50. The van der Waals surface area contributed by atoms with Crippen LogP contribution in [0, 0.1) is 5.92 Å². The van der Waals surface area contributed by atoms with Gasteiger partial charge in [0.15, 0.2) is 8.07 Å². The van der Waals surface area contributed by atoms with Gasteiger partial charge in [-0.1, -0.05) is 133 Å². The van der Waals surface area contributed by atoms with Crippen molar-refractivity contribution in [3.05, 3.63) is 156 Å². The van der Waals surface area contributed by atoms with Crippen molar-refractivity contribution in [1.29, 1.82) is 0 Å². The van der Waals surface area contributed by atoms with Gasteiger partial charge in [0.2, 0.25) is 0 Å². The van der Waals surface area contributed by atoms with Crippen molar-refractivity contribution in [2.75, 3.05) is 7.05 Å². The number of nitrogens with two attached hydrogens (primary N) is 1. The Labute approximate surface area is 263 Å². The second-order valence-electron chi connectivity index (χ2n) is 12.3. The molecule has 3 aromatic rings. The van der Waals surface area contributed by atoms with Gasteiger partial charge in [-0.2, -0.15) is 0 Å². The van der Waals surface area contributed by atoms with E-state index in [1.165, 1.54) is 27.2 Å². The zero-order valence-electron chi connectivity index (χ0n) is 25.5. The van der Waals surface area contributed by atoms with E-state index in [4.69, 9.17) is 10.7 Å². The second kappa shape index (κ2) is 12.3. The molecule has 1 heterocycles. The van der Waals surface area contributed by atoms with E-state index in [1.54, 1.807) is 11.4 Å². The van der Waals surface area contributed by atoms with Crippen molar-refractivity contribution in [2.45, 2.75) is 43.7 Å². The summed E-state index contributed by atoms with van der Waals surface area (Å²) in [5.74, 6) is 0.237. The van der Waals surface area contributed by atoms with E-state index in [2.05, 4.69) is 138 Å². The van der Waals surface area contributed by atoms with Crippen LogP contribution in [0.3, 0.4) is 0 Å². The van der Waals surface area contributed by atoms with Crippen LogP contribution in [0.5, 0.6) is 0 Å². The molecule has 3 aliphatic carbocycles. The molecule has 4 atom stereocenters. The van der Waals surface area contributed by atoms with Gasteiger partial charge in [-0.05, 0) is 65.2 Å². The summed E-state index contributed by atoms with van der Waals surface area (Å²) in [5, 5.41) is 4.60. The van der Waals surface area contributed by atoms with Crippen LogP contribution in [0.25, 0.3) is 11.1 Å². The number of likely N-dealkylation sites (tertiary alicyclic amines) is 1. The van der Waals surface area contributed by atoms with Crippen molar-refractivity contribution in [2.24, 2.45) is 16.6 Å². The normalized spacial score (nSPS) is 25.9. The minimum absolute atomic E-state index is 0.237. The number of fused-ring (bicyclic) bond motifs is 1. The number of allylic oxidation sites excluding steroid dienone is 10. The molecule has 7 rings (SSSR count). The van der Waals surface area contributed by atoms with E-state index in [9.17, 15) is 0 Å². The van der Waals surface area contributed by atoms with Crippen LogP contribution in [0.4, 0.5) is 0 Å². The van der Waals surface area contributed by atoms with Crippen LogP contribution in [0.1, 0.15) is 32.1 Å². The number of aliphatic imine (C=N–C) groups is 1. The van der Waals surface area contributed by atoms with Gasteiger partial charge >= 0.3 is 0 Å². The first-order valence-electron chi connectivity index (χ1n) is 16.1. The maximum atomic E-state index is 6.37. The van der Waals surface area contributed by atoms with Gasteiger partial charge in [0.1, 0.15) is 0 Å². The Hall–Kier alpha value is -4.41. The molecule has 4 heteroatoms. The predicted molar refractivity (Wildman–Crippen MR) is 189 cm³/mol. The van der Waals surface area contributed by atoms with Gasteiger partial charge in [0, 0.05) is 30.9 Å². The Morgan fingerprint density at radius 3 is 2.07 bits per heavy atom. The molecule has 3 nitrogen and oxygen atoms in total. The fourth-order valence-electron chi connectivity index (χ4n) is 8.18. The zero-order chi connectivity index (χ0) is 29.9. The highest BCUT2D eigenvalue weighted by atomic mass is 28.3. The SMILES string of the molecule is CN=C1C(=CN)N(C2=CC=CCC2)C2CC([Si](C3=CC=CCC3)(c3ccccc3)c3ccc(-c4ccccc4)cc3)C=CC12. The minimum Gasteiger partial charge on any atom is -0.403 e. The fraction of sp³-hybridized carbons (Fsp3) is 0.225. The molecule has 2 N–H and O–H groups in total. The van der Waals surface area contributed by atoms with Crippen LogP contribution in [0.2, 0.25) is 5.54 Å². The number of nitrogens with zero attached hydrogens (tertiary/aromatic N) is 2. The second-order valence-corrected chi connectivity index (χ2v) is 16.4. The standard InChI is InChI=1S/C40H41N3Si/c1-42-40-37-27-26-36(28-38(37)43(39(40)29-41)32-16-8-3-9-17-32)44(33-18-10-4-11-19-33,34-20-12-5-13-21-34)35-24-22-31(23-25-35)30-14-6-2-7-15-30/h2-8,10-12,14-16,18-20,22-27,29,36-38H,9,13,17,21,28,41H2,1H3. The highest BCUT2D eigenvalue weighted by Crippen LogP contribution is 2.48. The molecule has 0 amide bonds. The maximum absolute atomic E-state index is 6.37. The summed E-state index contributed by atoms with van der Waals surface area (Å²) in [7, 11) is -0.579. The molecule has 44 heavy (non-hydrogen) atoms. The molecule has 1 aliphatic heterocycles. The molecular formula is C40H41N3Si. The van der Waals surface area contributed by atoms with Gasteiger partial charge in [-0.3, -0.25) is 4.99 Å². The summed E-state index contributed by atoms with van der Waals surface area (Å²) in [6.45, 7) is 0. The highest BCUT2D eigenvalue weighted by molar-refractivity contribution is 7.08. The number of hydrogen-bond donors (Lipinski definition) is 1. The fourth-order valence-corrected chi connectivity index (χ4v) is 13.9. The maximum Gasteiger partial charge on any atom is 0.151 e. The third kappa shape index (κ3) is 4.78. The van der Waals surface area contributed by atoms with Crippen LogP contribution >= 0.6 is 0 Å². The Balaban J connectivity index is 1.41. The summed E-state index contributed by atoms with van der Waals surface area (Å²) >= 11 is 0. The monoisotopic (exact) mass is 591 g/mol. The third-order valence-electron chi connectivity index (χ3n) is 10.1. The Morgan fingerprint density at radius 2 is 1.43 bits per heavy atom. The Bertz CT molecular complexity index is 1710. The number of benzene rings is 3.